The van der Waals surface area contributed by atoms with E-state index in [0.717, 1.165) is 0 Å². The predicted molar refractivity (Wildman–Crippen MR) is 96.5 cm³/mol. The van der Waals surface area contributed by atoms with Gasteiger partial charge in [0.05, 0.1) is 17.1 Å². The van der Waals surface area contributed by atoms with Crippen LogP contribution in [0.1, 0.15) is 37.0 Å². The Morgan fingerprint density at radius 1 is 1.30 bits per heavy atom. The number of carbonyl (C=O) groups excluding carboxylic acids is 2. The van der Waals surface area contributed by atoms with E-state index in [-0.39, 0.29) is 41.9 Å². The van der Waals surface area contributed by atoms with Gasteiger partial charge in [-0.25, -0.2) is 13.2 Å². The number of nitrogens with zero attached hydrogens (tertiary/aromatic N) is 1. The van der Waals surface area contributed by atoms with Crippen LogP contribution in [0.15, 0.2) is 18.2 Å². The molecule has 148 valence electrons. The first kappa shape index (κ1) is 19.5. The first-order valence-corrected chi connectivity index (χ1v) is 10.7. The monoisotopic (exact) mass is 397 g/mol. The topological polar surface area (TPSA) is 99.2 Å². The van der Waals surface area contributed by atoms with Crippen molar-refractivity contribution in [3.63, 3.8) is 0 Å². The fraction of sp³-hybridized carbons (Fsp3) is 0.556. The summed E-state index contributed by atoms with van der Waals surface area (Å²) in [7, 11) is -3.12. The lowest BCUT2D eigenvalue weighted by molar-refractivity contribution is -0.138. The number of ether oxygens (including phenoxy) is 3. The SMILES string of the molecule is CC[C@@H](C)N(C(=O)COC(=O)c1ccc2c(c1)OCO2)[C@H]1CCS(=O)(=O)C1. The Balaban J connectivity index is 1.64. The summed E-state index contributed by atoms with van der Waals surface area (Å²) < 4.78 is 39.1. The standard InChI is InChI=1S/C18H23NO7S/c1-3-12(2)19(14-6-7-27(22,23)10-14)17(20)9-24-18(21)13-4-5-15-16(8-13)26-11-25-15/h4-5,8,12,14H,3,6-7,9-11H2,1-2H3/t12-,14+/m1/s1. The van der Waals surface area contributed by atoms with E-state index < -0.39 is 22.4 Å². The number of esters is 1. The minimum atomic E-state index is -3.12. The number of benzene rings is 1. The molecular formula is C18H23NO7S. The molecular weight excluding hydrogens is 374 g/mol. The van der Waals surface area contributed by atoms with Crippen molar-refractivity contribution >= 4 is 21.7 Å². The van der Waals surface area contributed by atoms with Crippen LogP contribution in [-0.2, 0) is 19.4 Å². The number of amides is 1. The summed E-state index contributed by atoms with van der Waals surface area (Å²) in [6, 6.07) is 4.14. The molecule has 0 aromatic heterocycles. The van der Waals surface area contributed by atoms with E-state index in [2.05, 4.69) is 0 Å². The maximum Gasteiger partial charge on any atom is 0.338 e. The summed E-state index contributed by atoms with van der Waals surface area (Å²) in [5, 5.41) is 0. The number of hydrogen-bond acceptors (Lipinski definition) is 7. The first-order valence-electron chi connectivity index (χ1n) is 8.89. The Kier molecular flexibility index (Phi) is 5.59. The normalized spacial score (nSPS) is 20.9. The third-order valence-electron chi connectivity index (χ3n) is 4.89. The highest BCUT2D eigenvalue weighted by molar-refractivity contribution is 7.91. The van der Waals surface area contributed by atoms with Gasteiger partial charge in [-0.05, 0) is 38.0 Å². The largest absolute Gasteiger partial charge is 0.454 e. The molecule has 0 spiro atoms. The molecule has 1 aromatic carbocycles. The minimum absolute atomic E-state index is 0.0425. The highest BCUT2D eigenvalue weighted by Crippen LogP contribution is 2.32. The molecule has 0 N–H and O–H groups in total. The fourth-order valence-electron chi connectivity index (χ4n) is 3.31. The Bertz CT molecular complexity index is 836. The van der Waals surface area contributed by atoms with Crippen molar-refractivity contribution in [3.8, 4) is 11.5 Å². The van der Waals surface area contributed by atoms with Crippen molar-refractivity contribution in [3.05, 3.63) is 23.8 Å². The highest BCUT2D eigenvalue weighted by Gasteiger charge is 2.36. The van der Waals surface area contributed by atoms with E-state index in [1.54, 1.807) is 11.0 Å². The van der Waals surface area contributed by atoms with Gasteiger partial charge in [0.2, 0.25) is 6.79 Å². The Labute approximate surface area is 158 Å². The zero-order chi connectivity index (χ0) is 19.6. The Hall–Kier alpha value is -2.29. The molecule has 3 rings (SSSR count). The van der Waals surface area contributed by atoms with Gasteiger partial charge in [0.15, 0.2) is 27.9 Å². The molecule has 1 aromatic rings. The van der Waals surface area contributed by atoms with Crippen LogP contribution in [-0.4, -0.2) is 62.2 Å². The Morgan fingerprint density at radius 2 is 2.04 bits per heavy atom. The number of fused-ring (bicyclic) bond motifs is 1. The number of sulfone groups is 1. The first-order chi connectivity index (χ1) is 12.8. The smallest absolute Gasteiger partial charge is 0.338 e. The van der Waals surface area contributed by atoms with Crippen molar-refractivity contribution in [2.45, 2.75) is 38.8 Å². The zero-order valence-electron chi connectivity index (χ0n) is 15.3. The number of hydrogen-bond donors (Lipinski definition) is 0. The average Bonchev–Trinajstić information content (AvgIpc) is 3.24. The van der Waals surface area contributed by atoms with Gasteiger partial charge in [-0.2, -0.15) is 0 Å². The lowest BCUT2D eigenvalue weighted by Crippen LogP contribution is -2.48. The molecule has 27 heavy (non-hydrogen) atoms. The fourth-order valence-corrected chi connectivity index (χ4v) is 5.02. The molecule has 1 amide bonds. The molecule has 0 radical (unpaired) electrons. The molecule has 1 saturated heterocycles. The van der Waals surface area contributed by atoms with Crippen molar-refractivity contribution in [2.24, 2.45) is 0 Å². The summed E-state index contributed by atoms with van der Waals surface area (Å²) in [6.45, 7) is 3.45. The van der Waals surface area contributed by atoms with Crippen LogP contribution < -0.4 is 9.47 Å². The molecule has 2 aliphatic heterocycles. The maximum atomic E-state index is 12.7. The van der Waals surface area contributed by atoms with E-state index in [4.69, 9.17) is 14.2 Å². The summed E-state index contributed by atoms with van der Waals surface area (Å²) in [4.78, 5) is 26.5. The maximum absolute atomic E-state index is 12.7. The summed E-state index contributed by atoms with van der Waals surface area (Å²) in [5.41, 5.74) is 0.255. The Morgan fingerprint density at radius 3 is 2.70 bits per heavy atom. The third-order valence-corrected chi connectivity index (χ3v) is 6.64. The van der Waals surface area contributed by atoms with Crippen molar-refractivity contribution in [1.82, 2.24) is 4.90 Å². The van der Waals surface area contributed by atoms with Gasteiger partial charge in [-0.3, -0.25) is 4.79 Å². The van der Waals surface area contributed by atoms with E-state index >= 15 is 0 Å². The van der Waals surface area contributed by atoms with Crippen LogP contribution in [0.4, 0.5) is 0 Å². The summed E-state index contributed by atoms with van der Waals surface area (Å²) in [5.74, 6) is 0.000140. The van der Waals surface area contributed by atoms with Crippen LogP contribution in [0.5, 0.6) is 11.5 Å². The van der Waals surface area contributed by atoms with E-state index in [1.807, 2.05) is 13.8 Å². The van der Waals surface area contributed by atoms with Crippen LogP contribution in [0, 0.1) is 0 Å². The van der Waals surface area contributed by atoms with Gasteiger partial charge < -0.3 is 19.1 Å². The second-order valence-corrected chi connectivity index (χ2v) is 8.99. The van der Waals surface area contributed by atoms with Crippen LogP contribution in [0.3, 0.4) is 0 Å². The lowest BCUT2D eigenvalue weighted by atomic mass is 10.1. The minimum Gasteiger partial charge on any atom is -0.454 e. The van der Waals surface area contributed by atoms with E-state index in [0.29, 0.717) is 24.3 Å². The van der Waals surface area contributed by atoms with Gasteiger partial charge in [0, 0.05) is 12.1 Å². The third kappa shape index (κ3) is 4.35. The van der Waals surface area contributed by atoms with E-state index in [9.17, 15) is 18.0 Å². The molecule has 1 fully saturated rings. The van der Waals surface area contributed by atoms with Gasteiger partial charge in [0.25, 0.3) is 5.91 Å². The second-order valence-electron chi connectivity index (χ2n) is 6.76. The van der Waals surface area contributed by atoms with Gasteiger partial charge in [-0.1, -0.05) is 6.92 Å². The summed E-state index contributed by atoms with van der Waals surface area (Å²) in [6.07, 6.45) is 1.09. The van der Waals surface area contributed by atoms with Crippen molar-refractivity contribution in [2.75, 3.05) is 24.9 Å². The molecule has 2 heterocycles. The molecule has 0 unspecified atom stereocenters. The molecule has 2 aliphatic rings. The van der Waals surface area contributed by atoms with Crippen LogP contribution >= 0.6 is 0 Å². The van der Waals surface area contributed by atoms with Gasteiger partial charge in [-0.15, -0.1) is 0 Å². The molecule has 9 heteroatoms. The predicted octanol–water partition coefficient (Wildman–Crippen LogP) is 1.39. The van der Waals surface area contributed by atoms with Crippen LogP contribution in [0.2, 0.25) is 0 Å². The van der Waals surface area contributed by atoms with Crippen molar-refractivity contribution < 1.29 is 32.2 Å². The molecule has 8 nitrogen and oxygen atoms in total. The van der Waals surface area contributed by atoms with Crippen molar-refractivity contribution in [1.29, 1.82) is 0 Å². The number of carbonyl (C=O) groups is 2. The van der Waals surface area contributed by atoms with Gasteiger partial charge >= 0.3 is 5.97 Å². The molecule has 2 atom stereocenters. The quantitative estimate of drug-likeness (QED) is 0.669. The molecule has 0 bridgehead atoms. The van der Waals surface area contributed by atoms with Gasteiger partial charge in [0.1, 0.15) is 0 Å². The highest BCUT2D eigenvalue weighted by atomic mass is 32.2. The zero-order valence-corrected chi connectivity index (χ0v) is 16.2. The van der Waals surface area contributed by atoms with Crippen LogP contribution in [0.25, 0.3) is 0 Å². The number of rotatable bonds is 6. The molecule has 0 saturated carbocycles. The van der Waals surface area contributed by atoms with E-state index in [1.165, 1.54) is 12.1 Å². The second kappa shape index (κ2) is 7.75. The average molecular weight is 397 g/mol. The molecule has 0 aliphatic carbocycles. The summed E-state index contributed by atoms with van der Waals surface area (Å²) >= 11 is 0. The lowest BCUT2D eigenvalue weighted by Gasteiger charge is -2.33.